The fourth-order valence-electron chi connectivity index (χ4n) is 5.74. The van der Waals surface area contributed by atoms with Crippen LogP contribution in [0, 0.1) is 5.92 Å². The molecule has 2 bridgehead atoms. The summed E-state index contributed by atoms with van der Waals surface area (Å²) in [4.78, 5) is 41.3. The summed E-state index contributed by atoms with van der Waals surface area (Å²) in [6.45, 7) is 2.07. The number of pyridine rings is 1. The zero-order valence-corrected chi connectivity index (χ0v) is 22.6. The molecular weight excluding hydrogens is 514 g/mol. The third-order valence-electron chi connectivity index (χ3n) is 7.72. The van der Waals surface area contributed by atoms with Gasteiger partial charge in [0, 0.05) is 42.9 Å². The summed E-state index contributed by atoms with van der Waals surface area (Å²) in [6.07, 6.45) is 2.65. The molecule has 1 N–H and O–H groups in total. The molecule has 206 valence electrons. The van der Waals surface area contributed by atoms with Gasteiger partial charge in [0.05, 0.1) is 0 Å². The molecule has 1 saturated heterocycles. The Bertz CT molecular complexity index is 1630. The highest BCUT2D eigenvalue weighted by Crippen LogP contribution is 2.35. The number of ether oxygens (including phenoxy) is 1. The lowest BCUT2D eigenvalue weighted by atomic mass is 9.83. The lowest BCUT2D eigenvalue weighted by Gasteiger charge is -2.43. The van der Waals surface area contributed by atoms with E-state index in [0.717, 1.165) is 23.2 Å². The molecule has 2 aliphatic heterocycles. The molecule has 3 aromatic carbocycles. The van der Waals surface area contributed by atoms with Gasteiger partial charge >= 0.3 is 0 Å². The van der Waals surface area contributed by atoms with E-state index in [9.17, 15) is 14.4 Å². The minimum Gasteiger partial charge on any atom is -0.489 e. The number of hydrogen-bond donors (Lipinski definition) is 1. The van der Waals surface area contributed by atoms with Crippen molar-refractivity contribution in [1.82, 2.24) is 14.8 Å². The third-order valence-corrected chi connectivity index (χ3v) is 7.72. The Balaban J connectivity index is 1.24. The number of amides is 2. The van der Waals surface area contributed by atoms with Crippen LogP contribution in [0.3, 0.4) is 0 Å². The molecule has 4 aromatic rings. The van der Waals surface area contributed by atoms with Crippen LogP contribution in [0.25, 0.3) is 6.08 Å². The van der Waals surface area contributed by atoms with Gasteiger partial charge in [0.1, 0.15) is 18.1 Å². The maximum Gasteiger partial charge on any atom is 0.270 e. The quantitative estimate of drug-likeness (QED) is 0.337. The lowest BCUT2D eigenvalue weighted by molar-refractivity contribution is -0.130. The molecule has 7 heteroatoms. The van der Waals surface area contributed by atoms with E-state index in [4.69, 9.17) is 4.74 Å². The number of benzene rings is 3. The average molecular weight is 546 g/mol. The van der Waals surface area contributed by atoms with Crippen LogP contribution in [0.1, 0.15) is 39.5 Å². The summed E-state index contributed by atoms with van der Waals surface area (Å²) in [5, 5.41) is 2.88. The van der Waals surface area contributed by atoms with Crippen molar-refractivity contribution in [2.75, 3.05) is 13.1 Å². The van der Waals surface area contributed by atoms with Crippen LogP contribution < -0.4 is 15.6 Å². The minimum absolute atomic E-state index is 0.00359. The van der Waals surface area contributed by atoms with Crippen LogP contribution in [0.2, 0.25) is 0 Å². The van der Waals surface area contributed by atoms with Crippen molar-refractivity contribution in [2.45, 2.75) is 25.5 Å². The van der Waals surface area contributed by atoms with Gasteiger partial charge in [-0.25, -0.2) is 0 Å². The normalized spacial score (nSPS) is 17.9. The predicted molar refractivity (Wildman–Crippen MR) is 157 cm³/mol. The van der Waals surface area contributed by atoms with Crippen LogP contribution in [0.4, 0.5) is 0 Å². The van der Waals surface area contributed by atoms with Gasteiger partial charge < -0.3 is 19.5 Å². The molecule has 1 aromatic heterocycles. The van der Waals surface area contributed by atoms with E-state index >= 15 is 0 Å². The molecule has 7 nitrogen and oxygen atoms in total. The molecule has 3 heterocycles. The van der Waals surface area contributed by atoms with Gasteiger partial charge in [0.2, 0.25) is 0 Å². The molecule has 2 aliphatic rings. The number of nitrogens with one attached hydrogen (secondary N) is 1. The third kappa shape index (κ3) is 5.99. The van der Waals surface area contributed by atoms with Crippen molar-refractivity contribution in [2.24, 2.45) is 5.92 Å². The van der Waals surface area contributed by atoms with Gasteiger partial charge in [-0.3, -0.25) is 14.4 Å². The minimum atomic E-state index is -0.345. The van der Waals surface area contributed by atoms with Gasteiger partial charge in [0.15, 0.2) is 0 Å². The van der Waals surface area contributed by atoms with Crippen LogP contribution in [-0.2, 0) is 17.9 Å². The number of carbonyl (C=O) groups is 2. The monoisotopic (exact) mass is 545 g/mol. The highest BCUT2D eigenvalue weighted by molar-refractivity contribution is 6.05. The molecular formula is C34H31N3O4. The first-order valence-electron chi connectivity index (χ1n) is 13.9. The first kappa shape index (κ1) is 26.3. The molecule has 2 amide bonds. The standard InChI is InChI=1S/C34H31N3O4/c38-32-13-7-12-31-28-18-26(21-37(31)32)20-36(22-28)34(40)30(35-33(39)27-10-5-2-6-11-27)19-24-14-16-29(17-15-24)41-23-25-8-3-1-4-9-25/h1-17,19,26,28H,18,20-23H2,(H,35,39). The summed E-state index contributed by atoms with van der Waals surface area (Å²) in [6, 6.07) is 31.6. The van der Waals surface area contributed by atoms with Crippen LogP contribution >= 0.6 is 0 Å². The number of nitrogens with zero attached hydrogens (tertiary/aromatic N) is 2. The Morgan fingerprint density at radius 2 is 1.56 bits per heavy atom. The Labute approximate surface area is 238 Å². The summed E-state index contributed by atoms with van der Waals surface area (Å²) in [5.41, 5.74) is 3.50. The number of aromatic nitrogens is 1. The van der Waals surface area contributed by atoms with E-state index < -0.39 is 0 Å². The van der Waals surface area contributed by atoms with Crippen molar-refractivity contribution < 1.29 is 14.3 Å². The summed E-state index contributed by atoms with van der Waals surface area (Å²) in [5.74, 6) is 0.386. The zero-order chi connectivity index (χ0) is 28.2. The number of carbonyl (C=O) groups excluding carboxylic acids is 2. The molecule has 41 heavy (non-hydrogen) atoms. The van der Waals surface area contributed by atoms with Crippen LogP contribution in [0.5, 0.6) is 5.75 Å². The second kappa shape index (κ2) is 11.7. The van der Waals surface area contributed by atoms with Gasteiger partial charge in [0.25, 0.3) is 17.4 Å². The fraction of sp³-hybridized carbons (Fsp3) is 0.206. The molecule has 0 saturated carbocycles. The molecule has 2 atom stereocenters. The number of hydrogen-bond acceptors (Lipinski definition) is 4. The van der Waals surface area contributed by atoms with E-state index in [0.29, 0.717) is 37.6 Å². The lowest BCUT2D eigenvalue weighted by Crippen LogP contribution is -2.50. The molecule has 0 radical (unpaired) electrons. The molecule has 6 rings (SSSR count). The Morgan fingerprint density at radius 1 is 0.829 bits per heavy atom. The SMILES string of the molecule is O=C(NC(=Cc1ccc(OCc2ccccc2)cc1)C(=O)N1CC2CC(C1)c1cccc(=O)n1C2)c1ccccc1. The number of piperidine rings is 1. The second-order valence-corrected chi connectivity index (χ2v) is 10.6. The first-order chi connectivity index (χ1) is 20.0. The molecule has 2 unspecified atom stereocenters. The van der Waals surface area contributed by atoms with Crippen molar-refractivity contribution >= 4 is 17.9 Å². The van der Waals surface area contributed by atoms with Crippen LogP contribution in [0.15, 0.2) is 114 Å². The Hall–Kier alpha value is -4.91. The topological polar surface area (TPSA) is 80.6 Å². The Kier molecular flexibility index (Phi) is 7.50. The van der Waals surface area contributed by atoms with Crippen molar-refractivity contribution in [1.29, 1.82) is 0 Å². The van der Waals surface area contributed by atoms with E-state index in [-0.39, 0.29) is 34.9 Å². The van der Waals surface area contributed by atoms with Gasteiger partial charge in [-0.15, -0.1) is 0 Å². The number of fused-ring (bicyclic) bond motifs is 4. The fourth-order valence-corrected chi connectivity index (χ4v) is 5.74. The molecule has 1 fully saturated rings. The first-order valence-corrected chi connectivity index (χ1v) is 13.9. The van der Waals surface area contributed by atoms with E-state index in [2.05, 4.69) is 5.32 Å². The van der Waals surface area contributed by atoms with Crippen molar-refractivity contribution in [3.63, 3.8) is 0 Å². The summed E-state index contributed by atoms with van der Waals surface area (Å²) in [7, 11) is 0. The summed E-state index contributed by atoms with van der Waals surface area (Å²) < 4.78 is 7.75. The highest BCUT2D eigenvalue weighted by atomic mass is 16.5. The highest BCUT2D eigenvalue weighted by Gasteiger charge is 2.37. The summed E-state index contributed by atoms with van der Waals surface area (Å²) >= 11 is 0. The van der Waals surface area contributed by atoms with Gasteiger partial charge in [-0.1, -0.05) is 66.7 Å². The maximum absolute atomic E-state index is 14.0. The molecule has 0 aliphatic carbocycles. The second-order valence-electron chi connectivity index (χ2n) is 10.6. The van der Waals surface area contributed by atoms with Crippen molar-refractivity contribution in [3.8, 4) is 5.75 Å². The zero-order valence-electron chi connectivity index (χ0n) is 22.6. The largest absolute Gasteiger partial charge is 0.489 e. The van der Waals surface area contributed by atoms with Gasteiger partial charge in [-0.05, 0) is 59.9 Å². The number of rotatable bonds is 7. The smallest absolute Gasteiger partial charge is 0.270 e. The predicted octanol–water partition coefficient (Wildman–Crippen LogP) is 4.84. The van der Waals surface area contributed by atoms with E-state index in [1.165, 1.54) is 0 Å². The average Bonchev–Trinajstić information content (AvgIpc) is 3.01. The molecule has 0 spiro atoms. The van der Waals surface area contributed by atoms with Gasteiger partial charge in [-0.2, -0.15) is 0 Å². The Morgan fingerprint density at radius 3 is 2.32 bits per heavy atom. The van der Waals surface area contributed by atoms with Crippen molar-refractivity contribution in [3.05, 3.63) is 142 Å². The maximum atomic E-state index is 14.0. The van der Waals surface area contributed by atoms with E-state index in [1.54, 1.807) is 42.5 Å². The number of likely N-dealkylation sites (tertiary alicyclic amines) is 1. The van der Waals surface area contributed by atoms with E-state index in [1.807, 2.05) is 76.2 Å². The van der Waals surface area contributed by atoms with Crippen LogP contribution in [-0.4, -0.2) is 34.4 Å².